The number of aromatic nitrogens is 2. The van der Waals surface area contributed by atoms with E-state index in [0.717, 1.165) is 87.0 Å². The molecule has 1 saturated heterocycles. The highest BCUT2D eigenvalue weighted by Crippen LogP contribution is 2.47. The summed E-state index contributed by atoms with van der Waals surface area (Å²) in [5.41, 5.74) is 5.98. The molecule has 13 nitrogen and oxygen atoms in total. The summed E-state index contributed by atoms with van der Waals surface area (Å²) < 4.78 is 23.0. The van der Waals surface area contributed by atoms with Gasteiger partial charge in [-0.2, -0.15) is 0 Å². The van der Waals surface area contributed by atoms with Gasteiger partial charge in [-0.25, -0.2) is 14.8 Å². The quantitative estimate of drug-likeness (QED) is 0.238. The number of ether oxygens (including phenoxy) is 4. The van der Waals surface area contributed by atoms with Crippen LogP contribution in [0.25, 0.3) is 10.2 Å². The average Bonchev–Trinajstić information content (AvgIpc) is 3.60. The van der Waals surface area contributed by atoms with Crippen LogP contribution in [-0.4, -0.2) is 126 Å². The minimum Gasteiger partial charge on any atom is -0.474 e. The zero-order chi connectivity index (χ0) is 33.4. The number of aliphatic hydroxyl groups excluding tert-OH is 1. The molecule has 3 aliphatic rings. The second-order valence-electron chi connectivity index (χ2n) is 13.8. The molecule has 47 heavy (non-hydrogen) atoms. The molecule has 0 unspecified atom stereocenters. The highest BCUT2D eigenvalue weighted by atomic mass is 32.1. The fourth-order valence-corrected chi connectivity index (χ4v) is 8.08. The van der Waals surface area contributed by atoms with E-state index in [1.54, 1.807) is 17.7 Å². The molecule has 1 aliphatic heterocycles. The summed E-state index contributed by atoms with van der Waals surface area (Å²) in [5.74, 6) is 0.00395. The number of alkyl carbamates (subject to hydrolysis) is 1. The van der Waals surface area contributed by atoms with Gasteiger partial charge in [0, 0.05) is 50.2 Å². The monoisotopic (exact) mass is 676 g/mol. The van der Waals surface area contributed by atoms with Crippen LogP contribution in [-0.2, 0) is 25.4 Å². The topological polar surface area (TPSA) is 162 Å². The number of carbonyl (C=O) groups is 2. The molecule has 3 heterocycles. The Morgan fingerprint density at radius 3 is 2.47 bits per heavy atom. The van der Waals surface area contributed by atoms with Crippen molar-refractivity contribution in [2.45, 2.75) is 95.5 Å². The number of primary amides is 1. The van der Waals surface area contributed by atoms with Crippen molar-refractivity contribution in [2.24, 2.45) is 5.73 Å². The van der Waals surface area contributed by atoms with Crippen LogP contribution in [0.1, 0.15) is 75.7 Å². The van der Waals surface area contributed by atoms with E-state index in [4.69, 9.17) is 24.7 Å². The molecule has 0 bridgehead atoms. The Bertz CT molecular complexity index is 1320. The van der Waals surface area contributed by atoms with Crippen LogP contribution in [0.4, 0.5) is 4.79 Å². The highest BCUT2D eigenvalue weighted by molar-refractivity contribution is 7.19. The molecule has 14 heteroatoms. The number of nitrogens with two attached hydrogens (primary N) is 1. The number of rotatable bonds is 15. The van der Waals surface area contributed by atoms with Gasteiger partial charge in [0.25, 0.3) is 0 Å². The van der Waals surface area contributed by atoms with Crippen molar-refractivity contribution in [3.8, 4) is 5.88 Å². The Morgan fingerprint density at radius 2 is 1.77 bits per heavy atom. The van der Waals surface area contributed by atoms with Crippen molar-refractivity contribution in [1.82, 2.24) is 25.1 Å². The molecule has 0 aromatic carbocycles. The molecule has 2 aromatic heterocycles. The summed E-state index contributed by atoms with van der Waals surface area (Å²) in [6, 6.07) is 0.575. The maximum atomic E-state index is 11.6. The normalized spacial score (nSPS) is 23.0. The number of hydrogen-bond acceptors (Lipinski definition) is 12. The second-order valence-corrected chi connectivity index (χ2v) is 14.9. The summed E-state index contributed by atoms with van der Waals surface area (Å²) in [5, 5.41) is 13.8. The third kappa shape index (κ3) is 10.2. The lowest BCUT2D eigenvalue weighted by Crippen LogP contribution is -2.52. The number of hydrogen-bond donors (Lipinski definition) is 3. The average molecular weight is 677 g/mol. The zero-order valence-electron chi connectivity index (χ0n) is 28.1. The van der Waals surface area contributed by atoms with Gasteiger partial charge < -0.3 is 35.1 Å². The Labute approximate surface area is 281 Å². The maximum Gasteiger partial charge on any atom is 0.407 e. The van der Waals surface area contributed by atoms with Gasteiger partial charge in [-0.15, -0.1) is 11.3 Å². The summed E-state index contributed by atoms with van der Waals surface area (Å²) in [7, 11) is 0. The lowest BCUT2D eigenvalue weighted by molar-refractivity contribution is -0.126. The van der Waals surface area contributed by atoms with E-state index in [2.05, 4.69) is 25.1 Å². The Balaban J connectivity index is 0.965. The van der Waals surface area contributed by atoms with Gasteiger partial charge in [0.2, 0.25) is 11.8 Å². The number of piperazine rings is 1. The van der Waals surface area contributed by atoms with Gasteiger partial charge in [-0.3, -0.25) is 14.6 Å². The lowest BCUT2D eigenvalue weighted by atomic mass is 9.91. The first-order valence-corrected chi connectivity index (χ1v) is 17.9. The lowest BCUT2D eigenvalue weighted by Gasteiger charge is -2.41. The number of aliphatic hydroxyl groups is 1. The number of amides is 2. The fraction of sp³-hybridized carbons (Fsp3) is 0.758. The number of thiophene rings is 1. The van der Waals surface area contributed by atoms with Crippen molar-refractivity contribution in [3.05, 3.63) is 16.8 Å². The van der Waals surface area contributed by atoms with E-state index in [9.17, 15) is 14.7 Å². The minimum absolute atomic E-state index is 0.0517. The molecule has 1 saturated carbocycles. The van der Waals surface area contributed by atoms with Crippen LogP contribution in [0.2, 0.25) is 0 Å². The predicted molar refractivity (Wildman–Crippen MR) is 179 cm³/mol. The molecule has 2 fully saturated rings. The van der Waals surface area contributed by atoms with E-state index in [1.165, 1.54) is 4.88 Å². The second kappa shape index (κ2) is 16.7. The Hall–Kier alpha value is -2.62. The van der Waals surface area contributed by atoms with Gasteiger partial charge in [0.05, 0.1) is 31.8 Å². The summed E-state index contributed by atoms with van der Waals surface area (Å²) in [6.07, 6.45) is 6.39. The molecular weight excluding hydrogens is 624 g/mol. The van der Waals surface area contributed by atoms with Crippen LogP contribution < -0.4 is 15.8 Å². The predicted octanol–water partition coefficient (Wildman–Crippen LogP) is 2.82. The van der Waals surface area contributed by atoms with Crippen LogP contribution in [0, 0.1) is 0 Å². The third-order valence-corrected chi connectivity index (χ3v) is 10.4. The van der Waals surface area contributed by atoms with E-state index in [-0.39, 0.29) is 12.0 Å². The molecule has 0 spiro atoms. The molecule has 2 atom stereocenters. The van der Waals surface area contributed by atoms with Crippen molar-refractivity contribution in [3.63, 3.8) is 0 Å². The minimum atomic E-state index is -1.15. The van der Waals surface area contributed by atoms with Crippen molar-refractivity contribution in [1.29, 1.82) is 0 Å². The van der Waals surface area contributed by atoms with Crippen molar-refractivity contribution < 1.29 is 33.6 Å². The van der Waals surface area contributed by atoms with Crippen LogP contribution in [0.3, 0.4) is 0 Å². The van der Waals surface area contributed by atoms with Crippen LogP contribution >= 0.6 is 11.3 Å². The van der Waals surface area contributed by atoms with Crippen LogP contribution in [0.15, 0.2) is 6.33 Å². The van der Waals surface area contributed by atoms with Gasteiger partial charge in [-0.05, 0) is 77.2 Å². The molecule has 2 aliphatic carbocycles. The summed E-state index contributed by atoms with van der Waals surface area (Å²) >= 11 is 1.67. The summed E-state index contributed by atoms with van der Waals surface area (Å²) in [6.45, 7) is 13.2. The standard InChI is InChI=1S/C33H52N6O7S/c1-33(2,3)46-32(42)35-10-16-43-18-19-44-17-15-38-11-13-39(14-12-38)23-5-7-24(8-6-23)45-30-28-27-22(20-25(40)29(34)41)4-9-26(27)47-31(28)37-21-36-30/h21-25,40H,4-20H2,1-3H3,(H2,34,41)(H,35,42)/t22-,23-,24-,25-/m1/s1. The molecule has 2 amide bonds. The van der Waals surface area contributed by atoms with Gasteiger partial charge >= 0.3 is 6.09 Å². The third-order valence-electron chi connectivity index (χ3n) is 9.22. The highest BCUT2D eigenvalue weighted by Gasteiger charge is 2.34. The number of nitrogens with one attached hydrogen (secondary N) is 1. The first kappa shape index (κ1) is 35.7. The number of fused-ring (bicyclic) bond motifs is 3. The molecule has 262 valence electrons. The first-order chi connectivity index (χ1) is 22.6. The van der Waals surface area contributed by atoms with E-state index >= 15 is 0 Å². The Kier molecular flexibility index (Phi) is 12.6. The van der Waals surface area contributed by atoms with Crippen molar-refractivity contribution in [2.75, 3.05) is 65.7 Å². The maximum absolute atomic E-state index is 11.6. The largest absolute Gasteiger partial charge is 0.474 e. The molecule has 4 N–H and O–H groups in total. The Morgan fingerprint density at radius 1 is 1.04 bits per heavy atom. The van der Waals surface area contributed by atoms with Gasteiger partial charge in [0.15, 0.2) is 0 Å². The molecule has 5 rings (SSSR count). The van der Waals surface area contributed by atoms with E-state index < -0.39 is 23.7 Å². The number of nitrogens with zero attached hydrogens (tertiary/aromatic N) is 4. The number of carbonyl (C=O) groups excluding carboxylic acids is 2. The first-order valence-electron chi connectivity index (χ1n) is 17.1. The molecular formula is C33H52N6O7S. The SMILES string of the molecule is CC(C)(C)OC(=O)NCCOCCOCCN1CCN([C@H]2CC[C@H](Oc3ncnc4sc5c(c34)[C@@H](C[C@@H](O)C(N)=O)CC5)CC2)CC1. The van der Waals surface area contributed by atoms with E-state index in [1.807, 2.05) is 20.8 Å². The van der Waals surface area contributed by atoms with Crippen LogP contribution in [0.5, 0.6) is 5.88 Å². The zero-order valence-corrected chi connectivity index (χ0v) is 28.9. The fourth-order valence-electron chi connectivity index (χ4n) is 6.84. The molecule has 0 radical (unpaired) electrons. The summed E-state index contributed by atoms with van der Waals surface area (Å²) in [4.78, 5) is 39.5. The van der Waals surface area contributed by atoms with Gasteiger partial charge in [-0.1, -0.05) is 0 Å². The van der Waals surface area contributed by atoms with Gasteiger partial charge in [0.1, 0.15) is 29.0 Å². The van der Waals surface area contributed by atoms with E-state index in [0.29, 0.717) is 51.3 Å². The van der Waals surface area contributed by atoms with Crippen molar-refractivity contribution >= 4 is 33.6 Å². The number of aryl methyl sites for hydroxylation is 1. The molecule has 2 aromatic rings. The smallest absolute Gasteiger partial charge is 0.407 e.